The zero-order valence-corrected chi connectivity index (χ0v) is 22.0. The number of oxazole rings is 1. The van der Waals surface area contributed by atoms with E-state index in [0.29, 0.717) is 50.2 Å². The number of nitrogens with zero attached hydrogens (tertiary/aromatic N) is 2. The molecule has 0 saturated carbocycles. The van der Waals surface area contributed by atoms with E-state index in [1.807, 2.05) is 49.4 Å². The van der Waals surface area contributed by atoms with E-state index < -0.39 is 6.04 Å². The molecule has 0 saturated heterocycles. The van der Waals surface area contributed by atoms with Crippen molar-refractivity contribution in [3.05, 3.63) is 99.7 Å². The summed E-state index contributed by atoms with van der Waals surface area (Å²) in [5.74, 6) is 0.240. The number of benzene rings is 3. The van der Waals surface area contributed by atoms with Crippen LogP contribution in [-0.2, 0) is 11.4 Å². The predicted octanol–water partition coefficient (Wildman–Crippen LogP) is 6.12. The molecule has 1 unspecified atom stereocenters. The molecule has 4 N–H and O–H groups in total. The Morgan fingerprint density at radius 3 is 2.68 bits per heavy atom. The minimum atomic E-state index is -0.699. The highest BCUT2D eigenvalue weighted by Gasteiger charge is 2.32. The quantitative estimate of drug-likeness (QED) is 0.239. The number of halogens is 1. The summed E-state index contributed by atoms with van der Waals surface area (Å²) in [6.07, 6.45) is 0. The second-order valence-corrected chi connectivity index (χ2v) is 9.75. The highest BCUT2D eigenvalue weighted by molar-refractivity contribution is 6.32. The first-order valence-electron chi connectivity index (χ1n) is 12.3. The Morgan fingerprint density at radius 1 is 1.13 bits per heavy atom. The van der Waals surface area contributed by atoms with Gasteiger partial charge in [0.1, 0.15) is 11.6 Å². The van der Waals surface area contributed by atoms with Crippen LogP contribution in [0.5, 0.6) is 0 Å². The van der Waals surface area contributed by atoms with Gasteiger partial charge < -0.3 is 20.2 Å². The lowest BCUT2D eigenvalue weighted by Crippen LogP contribution is -2.37. The maximum atomic E-state index is 13.6. The molecule has 8 nitrogen and oxygen atoms in total. The number of aliphatic hydroxyl groups is 1. The second-order valence-electron chi connectivity index (χ2n) is 9.37. The molecule has 1 aliphatic heterocycles. The van der Waals surface area contributed by atoms with Gasteiger partial charge in [0.25, 0.3) is 5.91 Å². The molecule has 38 heavy (non-hydrogen) atoms. The lowest BCUT2D eigenvalue weighted by Gasteiger charge is -2.27. The van der Waals surface area contributed by atoms with Crippen LogP contribution >= 0.6 is 11.6 Å². The average Bonchev–Trinajstić information content (AvgIpc) is 3.30. The van der Waals surface area contributed by atoms with Crippen molar-refractivity contribution < 1.29 is 14.3 Å². The number of rotatable bonds is 6. The molecule has 194 valence electrons. The van der Waals surface area contributed by atoms with Gasteiger partial charge in [-0.2, -0.15) is 4.98 Å². The lowest BCUT2D eigenvalue weighted by molar-refractivity contribution is -0.113. The third-order valence-electron chi connectivity index (χ3n) is 6.35. The van der Waals surface area contributed by atoms with E-state index in [4.69, 9.17) is 21.0 Å². The largest absolute Gasteiger partial charge is 0.423 e. The minimum absolute atomic E-state index is 0.123. The number of amides is 1. The van der Waals surface area contributed by atoms with E-state index in [-0.39, 0.29) is 24.4 Å². The highest BCUT2D eigenvalue weighted by Crippen LogP contribution is 2.38. The van der Waals surface area contributed by atoms with Crippen molar-refractivity contribution in [2.75, 3.05) is 10.6 Å². The first-order valence-corrected chi connectivity index (χ1v) is 12.7. The van der Waals surface area contributed by atoms with E-state index in [0.717, 1.165) is 5.56 Å². The van der Waals surface area contributed by atoms with E-state index in [9.17, 15) is 9.90 Å². The SMILES string of the molecule is CC1=C(C(=O)Nc2cccc(CO)c2)C(c2cccc(C(C)C)c2Cl)N=C(Nc2nc3ccccc3o2)N1. The number of para-hydroxylation sites is 2. The van der Waals surface area contributed by atoms with Crippen molar-refractivity contribution in [3.63, 3.8) is 0 Å². The summed E-state index contributed by atoms with van der Waals surface area (Å²) in [6, 6.07) is 19.9. The summed E-state index contributed by atoms with van der Waals surface area (Å²) in [6.45, 7) is 5.83. The molecular weight excluding hydrogens is 502 g/mol. The van der Waals surface area contributed by atoms with Gasteiger partial charge in [0, 0.05) is 22.0 Å². The zero-order chi connectivity index (χ0) is 26.8. The first-order chi connectivity index (χ1) is 18.3. The van der Waals surface area contributed by atoms with Crippen LogP contribution in [0.25, 0.3) is 11.1 Å². The number of aliphatic imine (C=N–C) groups is 1. The van der Waals surface area contributed by atoms with Crippen molar-refractivity contribution in [2.24, 2.45) is 4.99 Å². The third-order valence-corrected chi connectivity index (χ3v) is 6.78. The normalized spacial score (nSPS) is 15.4. The zero-order valence-electron chi connectivity index (χ0n) is 21.2. The number of guanidine groups is 1. The summed E-state index contributed by atoms with van der Waals surface area (Å²) in [5, 5.41) is 19.3. The number of aromatic nitrogens is 1. The fourth-order valence-corrected chi connectivity index (χ4v) is 4.90. The van der Waals surface area contributed by atoms with Crippen LogP contribution in [0.2, 0.25) is 5.02 Å². The number of nitrogens with one attached hydrogen (secondary N) is 3. The Morgan fingerprint density at radius 2 is 1.92 bits per heavy atom. The number of hydrogen-bond acceptors (Lipinski definition) is 7. The minimum Gasteiger partial charge on any atom is -0.423 e. The van der Waals surface area contributed by atoms with Crippen LogP contribution < -0.4 is 16.0 Å². The molecule has 1 aromatic heterocycles. The van der Waals surface area contributed by atoms with Crippen molar-refractivity contribution in [1.29, 1.82) is 0 Å². The van der Waals surface area contributed by atoms with E-state index in [2.05, 4.69) is 34.8 Å². The Kier molecular flexibility index (Phi) is 7.18. The molecule has 0 spiro atoms. The molecule has 3 aromatic carbocycles. The highest BCUT2D eigenvalue weighted by atomic mass is 35.5. The molecule has 5 rings (SSSR count). The van der Waals surface area contributed by atoms with Crippen molar-refractivity contribution >= 4 is 46.3 Å². The molecule has 0 bridgehead atoms. The molecular formula is C29H28ClN5O3. The Labute approximate surface area is 225 Å². The molecule has 1 atom stereocenters. The Hall–Kier alpha value is -4.14. The van der Waals surface area contributed by atoms with Crippen LogP contribution in [0, 0.1) is 0 Å². The predicted molar refractivity (Wildman–Crippen MR) is 150 cm³/mol. The molecule has 0 radical (unpaired) electrons. The fourth-order valence-electron chi connectivity index (χ4n) is 4.46. The fraction of sp³-hybridized carbons (Fsp3) is 0.207. The number of fused-ring (bicyclic) bond motifs is 1. The van der Waals surface area contributed by atoms with Crippen LogP contribution in [0.1, 0.15) is 49.4 Å². The summed E-state index contributed by atoms with van der Waals surface area (Å²) in [7, 11) is 0. The maximum Gasteiger partial charge on any atom is 0.302 e. The molecule has 4 aromatic rings. The molecule has 0 aliphatic carbocycles. The van der Waals surface area contributed by atoms with Crippen LogP contribution in [0.15, 0.2) is 87.4 Å². The molecule has 0 fully saturated rings. The number of allylic oxidation sites excluding steroid dienone is 1. The second kappa shape index (κ2) is 10.7. The third kappa shape index (κ3) is 5.14. The standard InChI is InChI=1S/C29H28ClN5O3/c1-16(2)20-10-7-11-21(25(20)30)26-24(27(37)32-19-9-6-8-18(14-19)15-36)17(3)31-28(34-26)35-29-33-22-12-4-5-13-23(22)38-29/h4-14,16,26,36H,15H2,1-3H3,(H,32,37)(H2,31,33,34,35). The van der Waals surface area contributed by atoms with E-state index in [1.54, 1.807) is 24.3 Å². The molecule has 1 amide bonds. The van der Waals surface area contributed by atoms with Crippen molar-refractivity contribution in [3.8, 4) is 0 Å². The number of hydrogen-bond donors (Lipinski definition) is 4. The van der Waals surface area contributed by atoms with Crippen LogP contribution in [0.4, 0.5) is 11.7 Å². The lowest BCUT2D eigenvalue weighted by atomic mass is 9.92. The average molecular weight is 530 g/mol. The number of aliphatic hydroxyl groups excluding tert-OH is 1. The van der Waals surface area contributed by atoms with Crippen LogP contribution in [-0.4, -0.2) is 22.0 Å². The van der Waals surface area contributed by atoms with Gasteiger partial charge in [0.2, 0.25) is 5.96 Å². The molecule has 9 heteroatoms. The number of carbonyl (C=O) groups excluding carboxylic acids is 1. The van der Waals surface area contributed by atoms with Gasteiger partial charge in [-0.1, -0.05) is 67.9 Å². The summed E-state index contributed by atoms with van der Waals surface area (Å²) >= 11 is 6.89. The van der Waals surface area contributed by atoms with Gasteiger partial charge in [-0.3, -0.25) is 10.1 Å². The van der Waals surface area contributed by atoms with Gasteiger partial charge in [-0.15, -0.1) is 0 Å². The number of carbonyl (C=O) groups is 1. The molecule has 2 heterocycles. The first kappa shape index (κ1) is 25.5. The van der Waals surface area contributed by atoms with Gasteiger partial charge in [-0.25, -0.2) is 4.99 Å². The summed E-state index contributed by atoms with van der Waals surface area (Å²) < 4.78 is 5.81. The monoisotopic (exact) mass is 529 g/mol. The van der Waals surface area contributed by atoms with Gasteiger partial charge in [0.05, 0.1) is 12.2 Å². The summed E-state index contributed by atoms with van der Waals surface area (Å²) in [4.78, 5) is 23.0. The van der Waals surface area contributed by atoms with E-state index >= 15 is 0 Å². The van der Waals surface area contributed by atoms with Crippen LogP contribution in [0.3, 0.4) is 0 Å². The smallest absolute Gasteiger partial charge is 0.302 e. The summed E-state index contributed by atoms with van der Waals surface area (Å²) in [5.41, 5.74) is 5.34. The topological polar surface area (TPSA) is 112 Å². The molecule has 1 aliphatic rings. The van der Waals surface area contributed by atoms with Gasteiger partial charge in [-0.05, 0) is 48.2 Å². The Bertz CT molecular complexity index is 1540. The maximum absolute atomic E-state index is 13.6. The van der Waals surface area contributed by atoms with Gasteiger partial charge in [0.15, 0.2) is 5.58 Å². The number of anilines is 2. The van der Waals surface area contributed by atoms with Crippen molar-refractivity contribution in [2.45, 2.75) is 39.3 Å². The van der Waals surface area contributed by atoms with E-state index in [1.165, 1.54) is 0 Å². The Balaban J connectivity index is 1.53. The van der Waals surface area contributed by atoms with Crippen molar-refractivity contribution in [1.82, 2.24) is 10.3 Å². The van der Waals surface area contributed by atoms with Gasteiger partial charge >= 0.3 is 6.01 Å².